The molecule has 95 heavy (non-hydrogen) atoms. The number of anilines is 1. The van der Waals surface area contributed by atoms with Crippen molar-refractivity contribution in [3.63, 3.8) is 0 Å². The Morgan fingerprint density at radius 3 is 0.705 bits per heavy atom. The highest BCUT2D eigenvalue weighted by Gasteiger charge is 2.20. The molecular formula is C88H75NO2P4. The number of hydrogen-bond acceptors (Lipinski definition) is 2. The third-order valence-electron chi connectivity index (χ3n) is 15.4. The van der Waals surface area contributed by atoms with Crippen molar-refractivity contribution in [1.82, 2.24) is 0 Å². The van der Waals surface area contributed by atoms with Gasteiger partial charge in [0.25, 0.3) is 0 Å². The zero-order valence-electron chi connectivity index (χ0n) is 53.2. The van der Waals surface area contributed by atoms with Gasteiger partial charge in [-0.15, -0.1) is 0 Å². The largest absolute Gasteiger partial charge is 0.494 e. The Kier molecular flexibility index (Phi) is 25.2. The molecule has 464 valence electrons. The lowest BCUT2D eigenvalue weighted by Crippen LogP contribution is -2.20. The monoisotopic (exact) mass is 1300 g/mol. The van der Waals surface area contributed by atoms with E-state index in [1.807, 2.05) is 49.4 Å². The SMILES string of the molecule is CCOc1cccc(-c2ccc3c(c2)NC(=O)C3)c1.c1ccc(P(c2ccccc2)c2ccccc2)cc1.c1ccc(P(c2ccccc2)c2ccccc2)cc1.c1ccc(P(c2ccccc2)c2ccccc2)cc1.c1ccc(P(c2ccccc2)c2ccccc2)cc1. The van der Waals surface area contributed by atoms with Crippen LogP contribution in [0.15, 0.2) is 406 Å². The van der Waals surface area contributed by atoms with E-state index in [0.717, 1.165) is 28.1 Å². The van der Waals surface area contributed by atoms with Gasteiger partial charge in [0.1, 0.15) is 5.75 Å². The van der Waals surface area contributed by atoms with Gasteiger partial charge in [0.2, 0.25) is 5.91 Å². The topological polar surface area (TPSA) is 38.3 Å². The van der Waals surface area contributed by atoms with E-state index in [9.17, 15) is 4.79 Å². The van der Waals surface area contributed by atoms with Crippen molar-refractivity contribution >= 4 is 107 Å². The summed E-state index contributed by atoms with van der Waals surface area (Å²) in [5, 5.41) is 19.7. The van der Waals surface area contributed by atoms with Gasteiger partial charge >= 0.3 is 0 Å². The second-order valence-corrected chi connectivity index (χ2v) is 30.8. The van der Waals surface area contributed by atoms with Crippen LogP contribution in [0.2, 0.25) is 0 Å². The summed E-state index contributed by atoms with van der Waals surface area (Å²) in [6.07, 6.45) is 0.481. The number of ether oxygens (including phenoxy) is 1. The first-order valence-electron chi connectivity index (χ1n) is 32.0. The van der Waals surface area contributed by atoms with Crippen LogP contribution < -0.4 is 73.7 Å². The standard InChI is InChI=1S/4C18H15P.C16H15NO2/c4*1-4-10-16(11-5-1)19(17-12-6-2-7-13-17)18-14-8-3-9-15-18;1-2-19-14-5-3-4-11(8-14)12-6-7-13-10-16(18)17-15(13)9-12/h4*1-15H;3-9H,2,10H2,1H3,(H,17,18). The van der Waals surface area contributed by atoms with Crippen molar-refractivity contribution in [2.45, 2.75) is 13.3 Å². The maximum Gasteiger partial charge on any atom is 0.228 e. The highest BCUT2D eigenvalue weighted by atomic mass is 31.1. The van der Waals surface area contributed by atoms with Gasteiger partial charge in [0.05, 0.1) is 13.0 Å². The average molecular weight is 1300 g/mol. The molecule has 15 rings (SSSR count). The van der Waals surface area contributed by atoms with Crippen molar-refractivity contribution in [2.24, 2.45) is 0 Å². The van der Waals surface area contributed by atoms with Crippen LogP contribution in [-0.4, -0.2) is 12.5 Å². The summed E-state index contributed by atoms with van der Waals surface area (Å²) in [7, 11) is -1.78. The fourth-order valence-corrected chi connectivity index (χ4v) is 20.3. The molecule has 14 aromatic carbocycles. The predicted molar refractivity (Wildman–Crippen MR) is 416 cm³/mol. The quantitative estimate of drug-likeness (QED) is 0.104. The van der Waals surface area contributed by atoms with Crippen LogP contribution in [0.5, 0.6) is 5.75 Å². The number of rotatable bonds is 15. The smallest absolute Gasteiger partial charge is 0.228 e. The molecule has 0 aromatic heterocycles. The van der Waals surface area contributed by atoms with Crippen molar-refractivity contribution in [3.05, 3.63) is 412 Å². The molecule has 3 nitrogen and oxygen atoms in total. The molecule has 0 saturated heterocycles. The number of fused-ring (bicyclic) bond motifs is 1. The van der Waals surface area contributed by atoms with Gasteiger partial charge in [-0.3, -0.25) is 4.79 Å². The lowest BCUT2D eigenvalue weighted by atomic mass is 10.0. The maximum absolute atomic E-state index is 11.4. The summed E-state index contributed by atoms with van der Waals surface area (Å²) in [4.78, 5) is 11.4. The molecule has 1 N–H and O–H groups in total. The molecule has 0 bridgehead atoms. The van der Waals surface area contributed by atoms with Crippen molar-refractivity contribution in [1.29, 1.82) is 0 Å². The third-order valence-corrected chi connectivity index (χ3v) is 25.2. The van der Waals surface area contributed by atoms with Crippen LogP contribution in [0.4, 0.5) is 5.69 Å². The fourth-order valence-electron chi connectivity index (χ4n) is 11.0. The number of carbonyl (C=O) groups excluding carboxylic acids is 1. The maximum atomic E-state index is 11.4. The highest BCUT2D eigenvalue weighted by Crippen LogP contribution is 2.36. The Morgan fingerprint density at radius 2 is 0.484 bits per heavy atom. The van der Waals surface area contributed by atoms with Crippen LogP contribution in [-0.2, 0) is 11.2 Å². The summed E-state index contributed by atoms with van der Waals surface area (Å²) in [6.45, 7) is 2.63. The number of carbonyl (C=O) groups is 1. The molecule has 1 aliphatic heterocycles. The van der Waals surface area contributed by atoms with Crippen LogP contribution >= 0.6 is 31.7 Å². The summed E-state index contributed by atoms with van der Waals surface area (Å²) in [5.41, 5.74) is 4.16. The second-order valence-electron chi connectivity index (χ2n) is 21.9. The fraction of sp³-hybridized carbons (Fsp3) is 0.0341. The lowest BCUT2D eigenvalue weighted by Gasteiger charge is -2.18. The van der Waals surface area contributed by atoms with Gasteiger partial charge in [-0.25, -0.2) is 0 Å². The minimum absolute atomic E-state index is 0.0650. The first-order chi connectivity index (χ1) is 47.1. The summed E-state index contributed by atoms with van der Waals surface area (Å²) < 4.78 is 5.51. The summed E-state index contributed by atoms with van der Waals surface area (Å²) in [6, 6.07) is 143. The Labute approximate surface area is 566 Å². The van der Waals surface area contributed by atoms with E-state index < -0.39 is 31.7 Å². The minimum atomic E-state index is -0.446. The van der Waals surface area contributed by atoms with Gasteiger partial charge in [0, 0.05) is 5.69 Å². The van der Waals surface area contributed by atoms with Crippen LogP contribution in [0.3, 0.4) is 0 Å². The van der Waals surface area contributed by atoms with Crippen LogP contribution in [0, 0.1) is 0 Å². The first kappa shape index (κ1) is 66.5. The number of nitrogens with one attached hydrogen (secondary N) is 1. The Bertz CT molecular complexity index is 3630. The number of amides is 1. The Hall–Kier alpha value is -9.93. The van der Waals surface area contributed by atoms with Gasteiger partial charge in [-0.05, 0) is 137 Å². The highest BCUT2D eigenvalue weighted by molar-refractivity contribution is 7.81. The van der Waals surface area contributed by atoms with Gasteiger partial charge in [0.15, 0.2) is 0 Å². The molecule has 1 aliphatic rings. The molecule has 0 radical (unpaired) electrons. The van der Waals surface area contributed by atoms with E-state index in [1.165, 1.54) is 63.7 Å². The second kappa shape index (κ2) is 35.9. The summed E-state index contributed by atoms with van der Waals surface area (Å²) in [5.74, 6) is 0.930. The van der Waals surface area contributed by atoms with E-state index in [0.29, 0.717) is 13.0 Å². The predicted octanol–water partition coefficient (Wildman–Crippen LogP) is 17.0. The van der Waals surface area contributed by atoms with Crippen molar-refractivity contribution in [2.75, 3.05) is 11.9 Å². The van der Waals surface area contributed by atoms with Crippen molar-refractivity contribution < 1.29 is 9.53 Å². The first-order valence-corrected chi connectivity index (χ1v) is 37.4. The van der Waals surface area contributed by atoms with E-state index in [2.05, 4.69) is 369 Å². The van der Waals surface area contributed by atoms with Crippen LogP contribution in [0.25, 0.3) is 11.1 Å². The molecule has 0 fully saturated rings. The van der Waals surface area contributed by atoms with Gasteiger partial charge in [-0.2, -0.15) is 0 Å². The molecule has 0 aliphatic carbocycles. The van der Waals surface area contributed by atoms with E-state index >= 15 is 0 Å². The number of benzene rings is 14. The molecule has 0 saturated carbocycles. The normalized spacial score (nSPS) is 11.1. The molecule has 1 amide bonds. The van der Waals surface area contributed by atoms with E-state index in [1.54, 1.807) is 0 Å². The molecule has 7 heteroatoms. The zero-order valence-corrected chi connectivity index (χ0v) is 56.8. The summed E-state index contributed by atoms with van der Waals surface area (Å²) >= 11 is 0. The van der Waals surface area contributed by atoms with E-state index in [4.69, 9.17) is 4.74 Å². The Balaban J connectivity index is 0.000000121. The lowest BCUT2D eigenvalue weighted by molar-refractivity contribution is -0.115. The molecule has 0 spiro atoms. The van der Waals surface area contributed by atoms with Gasteiger partial charge in [-0.1, -0.05) is 388 Å². The molecule has 1 heterocycles. The van der Waals surface area contributed by atoms with Gasteiger partial charge < -0.3 is 10.1 Å². The Morgan fingerprint density at radius 1 is 0.263 bits per heavy atom. The zero-order chi connectivity index (χ0) is 64.9. The van der Waals surface area contributed by atoms with E-state index in [-0.39, 0.29) is 5.91 Å². The molecule has 14 aromatic rings. The molecular weight excluding hydrogens is 1230 g/mol. The average Bonchev–Trinajstić information content (AvgIpc) is 2.07. The van der Waals surface area contributed by atoms with Crippen molar-refractivity contribution in [3.8, 4) is 16.9 Å². The molecule has 0 unspecified atom stereocenters. The van der Waals surface area contributed by atoms with Crippen LogP contribution in [0.1, 0.15) is 12.5 Å². The molecule has 0 atom stereocenters. The third kappa shape index (κ3) is 19.1. The minimum Gasteiger partial charge on any atom is -0.494 e. The number of hydrogen-bond donors (Lipinski definition) is 1.